The summed E-state index contributed by atoms with van der Waals surface area (Å²) in [5.74, 6) is -0.296. The van der Waals surface area contributed by atoms with Gasteiger partial charge >= 0.3 is 5.97 Å². The lowest BCUT2D eigenvalue weighted by atomic mass is 10.4. The van der Waals surface area contributed by atoms with Gasteiger partial charge in [0.05, 0.1) is 6.61 Å². The van der Waals surface area contributed by atoms with E-state index in [2.05, 4.69) is 39.3 Å². The summed E-state index contributed by atoms with van der Waals surface area (Å²) in [6.45, 7) is 16.8. The average molecular weight is 307 g/mol. The van der Waals surface area contributed by atoms with Gasteiger partial charge < -0.3 is 8.85 Å². The van der Waals surface area contributed by atoms with Gasteiger partial charge in [-0.3, -0.25) is 0 Å². The molecule has 0 saturated carbocycles. The fourth-order valence-electron chi connectivity index (χ4n) is 1.67. The zero-order valence-corrected chi connectivity index (χ0v) is 14.1. The second-order valence-corrected chi connectivity index (χ2v) is 15.1. The Kier molecular flexibility index (Phi) is 11.8. The van der Waals surface area contributed by atoms with Crippen LogP contribution < -0.4 is 0 Å². The van der Waals surface area contributed by atoms with Gasteiger partial charge in [0, 0.05) is 5.57 Å². The summed E-state index contributed by atoms with van der Waals surface area (Å²) >= 11 is 0. The molecule has 0 radical (unpaired) electrons. The van der Waals surface area contributed by atoms with Gasteiger partial charge in [0.1, 0.15) is 0 Å². The summed E-state index contributed by atoms with van der Waals surface area (Å²) in [6, 6.07) is 1.03. The van der Waals surface area contributed by atoms with Crippen molar-refractivity contribution in [2.45, 2.75) is 67.0 Å². The Balaban J connectivity index is -0.00000128. The van der Waals surface area contributed by atoms with Crippen LogP contribution in [-0.2, 0) is 13.6 Å². The Morgan fingerprint density at radius 1 is 1.11 bits per heavy atom. The summed E-state index contributed by atoms with van der Waals surface area (Å²) in [5, 5.41) is 0. The second kappa shape index (κ2) is 9.50. The number of esters is 1. The smallest absolute Gasteiger partial charge is 0.333 e. The standard InChI is InChI=1S/C12H26O3Si2.2CH4/c1-11(2)12(13)14-9-8-10-17(6,7)15-16(3,4)5;;/h1,8-10H2,2-7H3;2*1H4. The van der Waals surface area contributed by atoms with Crippen LogP contribution >= 0.6 is 0 Å². The Morgan fingerprint density at radius 2 is 1.58 bits per heavy atom. The highest BCUT2D eigenvalue weighted by molar-refractivity contribution is 6.84. The molecule has 19 heavy (non-hydrogen) atoms. The molecule has 0 unspecified atom stereocenters. The molecule has 0 aliphatic heterocycles. The number of rotatable bonds is 7. The minimum absolute atomic E-state index is 0. The number of hydrogen-bond acceptors (Lipinski definition) is 3. The Labute approximate surface area is 122 Å². The maximum absolute atomic E-state index is 11.2. The van der Waals surface area contributed by atoms with Crippen LogP contribution in [0.15, 0.2) is 12.2 Å². The number of hydrogen-bond donors (Lipinski definition) is 0. The predicted molar refractivity (Wildman–Crippen MR) is 90.6 cm³/mol. The van der Waals surface area contributed by atoms with Crippen LogP contribution in [0.4, 0.5) is 0 Å². The van der Waals surface area contributed by atoms with Crippen molar-refractivity contribution < 1.29 is 13.6 Å². The van der Waals surface area contributed by atoms with Crippen LogP contribution in [0.5, 0.6) is 0 Å². The summed E-state index contributed by atoms with van der Waals surface area (Å²) in [7, 11) is -3.04. The van der Waals surface area contributed by atoms with Crippen LogP contribution in [0.2, 0.25) is 38.8 Å². The second-order valence-electron chi connectivity index (χ2n) is 5.99. The monoisotopic (exact) mass is 306 g/mol. The molecule has 0 rings (SSSR count). The van der Waals surface area contributed by atoms with Crippen molar-refractivity contribution in [2.75, 3.05) is 6.61 Å². The normalized spacial score (nSPS) is 11.1. The average Bonchev–Trinajstić information content (AvgIpc) is 2.07. The van der Waals surface area contributed by atoms with Gasteiger partial charge in [0.25, 0.3) is 0 Å². The van der Waals surface area contributed by atoms with Gasteiger partial charge in [-0.25, -0.2) is 4.79 Å². The van der Waals surface area contributed by atoms with Crippen molar-refractivity contribution in [3.63, 3.8) is 0 Å². The molecule has 0 aromatic rings. The van der Waals surface area contributed by atoms with E-state index in [0.29, 0.717) is 12.2 Å². The van der Waals surface area contributed by atoms with Gasteiger partial charge in [-0.15, -0.1) is 0 Å². The SMILES string of the molecule is C.C.C=C(C)C(=O)OCCC[Si](C)(C)O[Si](C)(C)C. The summed E-state index contributed by atoms with van der Waals surface area (Å²) < 4.78 is 11.3. The molecule has 0 spiro atoms. The molecule has 0 aliphatic rings. The van der Waals surface area contributed by atoms with Gasteiger partial charge in [0.15, 0.2) is 16.6 Å². The molecule has 116 valence electrons. The van der Waals surface area contributed by atoms with Gasteiger partial charge in [0.2, 0.25) is 0 Å². The molecule has 0 saturated heterocycles. The molecule has 5 heteroatoms. The fourth-order valence-corrected chi connectivity index (χ4v) is 9.70. The molecule has 0 atom stereocenters. The molecule has 0 aromatic carbocycles. The van der Waals surface area contributed by atoms with Crippen molar-refractivity contribution in [3.05, 3.63) is 12.2 Å². The lowest BCUT2D eigenvalue weighted by Gasteiger charge is -2.31. The van der Waals surface area contributed by atoms with Crippen molar-refractivity contribution >= 4 is 22.6 Å². The first-order valence-electron chi connectivity index (χ1n) is 6.06. The van der Waals surface area contributed by atoms with E-state index >= 15 is 0 Å². The zero-order chi connectivity index (χ0) is 13.7. The summed E-state index contributed by atoms with van der Waals surface area (Å²) in [6.07, 6.45) is 0.878. The molecule has 0 N–H and O–H groups in total. The van der Waals surface area contributed by atoms with Crippen LogP contribution in [-0.4, -0.2) is 29.2 Å². The molecular weight excluding hydrogens is 272 g/mol. The lowest BCUT2D eigenvalue weighted by molar-refractivity contribution is -0.138. The van der Waals surface area contributed by atoms with Gasteiger partial charge in [-0.1, -0.05) is 21.4 Å². The molecule has 0 heterocycles. The van der Waals surface area contributed by atoms with E-state index in [4.69, 9.17) is 8.85 Å². The molecule has 0 aliphatic carbocycles. The quantitative estimate of drug-likeness (QED) is 0.293. The van der Waals surface area contributed by atoms with E-state index in [1.54, 1.807) is 6.92 Å². The Bertz CT molecular complexity index is 281. The maximum Gasteiger partial charge on any atom is 0.333 e. The third-order valence-electron chi connectivity index (χ3n) is 2.09. The van der Waals surface area contributed by atoms with Crippen LogP contribution in [0, 0.1) is 0 Å². The molecule has 0 bridgehead atoms. The topological polar surface area (TPSA) is 35.5 Å². The first kappa shape index (κ1) is 23.7. The minimum atomic E-state index is -1.59. The highest BCUT2D eigenvalue weighted by atomic mass is 28.4. The Hall–Kier alpha value is -0.396. The molecule has 0 aromatic heterocycles. The van der Waals surface area contributed by atoms with Gasteiger partial charge in [-0.2, -0.15) is 0 Å². The number of ether oxygens (including phenoxy) is 1. The third-order valence-corrected chi connectivity index (χ3v) is 8.30. The molecule has 0 amide bonds. The third kappa shape index (κ3) is 13.8. The first-order valence-corrected chi connectivity index (χ1v) is 12.6. The highest BCUT2D eigenvalue weighted by Crippen LogP contribution is 2.19. The van der Waals surface area contributed by atoms with Crippen molar-refractivity contribution in [3.8, 4) is 0 Å². The van der Waals surface area contributed by atoms with Gasteiger partial charge in [-0.05, 0) is 52.1 Å². The minimum Gasteiger partial charge on any atom is -0.462 e. The molecule has 0 fully saturated rings. The van der Waals surface area contributed by atoms with E-state index in [0.717, 1.165) is 12.5 Å². The van der Waals surface area contributed by atoms with Crippen LogP contribution in [0.25, 0.3) is 0 Å². The Morgan fingerprint density at radius 3 is 1.95 bits per heavy atom. The van der Waals surface area contributed by atoms with E-state index < -0.39 is 16.6 Å². The maximum atomic E-state index is 11.2. The zero-order valence-electron chi connectivity index (χ0n) is 12.1. The summed E-state index contributed by atoms with van der Waals surface area (Å²) in [5.41, 5.74) is 0.458. The van der Waals surface area contributed by atoms with Crippen molar-refractivity contribution in [2.24, 2.45) is 0 Å². The molecular formula is C14H34O3Si2. The van der Waals surface area contributed by atoms with E-state index in [-0.39, 0.29) is 20.8 Å². The van der Waals surface area contributed by atoms with E-state index in [1.807, 2.05) is 0 Å². The lowest BCUT2D eigenvalue weighted by Crippen LogP contribution is -2.42. The van der Waals surface area contributed by atoms with Crippen molar-refractivity contribution in [1.82, 2.24) is 0 Å². The fraction of sp³-hybridized carbons (Fsp3) is 0.786. The summed E-state index contributed by atoms with van der Waals surface area (Å²) in [4.78, 5) is 11.2. The molecule has 3 nitrogen and oxygen atoms in total. The largest absolute Gasteiger partial charge is 0.462 e. The van der Waals surface area contributed by atoms with E-state index in [1.165, 1.54) is 0 Å². The van der Waals surface area contributed by atoms with Crippen LogP contribution in [0.1, 0.15) is 28.2 Å². The number of carbonyl (C=O) groups is 1. The highest BCUT2D eigenvalue weighted by Gasteiger charge is 2.28. The van der Waals surface area contributed by atoms with Crippen LogP contribution in [0.3, 0.4) is 0 Å². The number of carbonyl (C=O) groups excluding carboxylic acids is 1. The van der Waals surface area contributed by atoms with Crippen molar-refractivity contribution in [1.29, 1.82) is 0 Å². The van der Waals surface area contributed by atoms with E-state index in [9.17, 15) is 4.79 Å². The predicted octanol–water partition coefficient (Wildman–Crippen LogP) is 4.82. The first-order chi connectivity index (χ1) is 7.53.